The molecule has 2 rings (SSSR count). The Kier molecular flexibility index (Phi) is 3.91. The molecule has 0 radical (unpaired) electrons. The summed E-state index contributed by atoms with van der Waals surface area (Å²) in [6, 6.07) is 0.676. The van der Waals surface area contributed by atoms with Gasteiger partial charge in [0, 0.05) is 17.9 Å². The molecule has 1 fully saturated rings. The molecule has 8 heteroatoms. The van der Waals surface area contributed by atoms with Gasteiger partial charge < -0.3 is 14.7 Å². The predicted molar refractivity (Wildman–Crippen MR) is 73.0 cm³/mol. The van der Waals surface area contributed by atoms with Crippen LogP contribution in [0.3, 0.4) is 0 Å². The van der Waals surface area contributed by atoms with Crippen molar-refractivity contribution in [1.29, 1.82) is 0 Å². The molecule has 2 amide bonds. The first-order valence-corrected chi connectivity index (χ1v) is 6.64. The molecule has 2 atom stereocenters. The van der Waals surface area contributed by atoms with E-state index in [0.29, 0.717) is 5.69 Å². The Morgan fingerprint density at radius 3 is 2.67 bits per heavy atom. The fraction of sp³-hybridized carbons (Fsp3) is 0.615. The Morgan fingerprint density at radius 1 is 1.48 bits per heavy atom. The zero-order chi connectivity index (χ0) is 15.8. The number of rotatable bonds is 2. The van der Waals surface area contributed by atoms with E-state index in [1.54, 1.807) is 6.07 Å². The van der Waals surface area contributed by atoms with E-state index in [9.17, 15) is 14.7 Å². The number of aliphatic hydroxyl groups is 1. The third-order valence-electron chi connectivity index (χ3n) is 3.35. The molecule has 21 heavy (non-hydrogen) atoms. The van der Waals surface area contributed by atoms with E-state index >= 15 is 0 Å². The molecule has 1 aliphatic rings. The third-order valence-corrected chi connectivity index (χ3v) is 3.35. The zero-order valence-electron chi connectivity index (χ0n) is 12.2. The molecule has 1 aliphatic heterocycles. The molecule has 1 saturated heterocycles. The van der Waals surface area contributed by atoms with E-state index in [1.807, 2.05) is 20.8 Å². The lowest BCUT2D eigenvalue weighted by atomic mass is 9.92. The minimum absolute atomic E-state index is 0.0679. The molecule has 1 aromatic rings. The summed E-state index contributed by atoms with van der Waals surface area (Å²) in [6.45, 7) is 5.79. The maximum absolute atomic E-state index is 12.1. The molecule has 1 aromatic heterocycles. The van der Waals surface area contributed by atoms with Crippen molar-refractivity contribution in [2.24, 2.45) is 0 Å². The number of carboxylic acid groups (broad SMARTS) is 1. The number of amides is 2. The summed E-state index contributed by atoms with van der Waals surface area (Å²) < 4.78 is 5.03. The predicted octanol–water partition coefficient (Wildman–Crippen LogP) is 1.02. The summed E-state index contributed by atoms with van der Waals surface area (Å²) in [4.78, 5) is 24.1. The summed E-state index contributed by atoms with van der Waals surface area (Å²) in [7, 11) is 0. The van der Waals surface area contributed by atoms with Crippen molar-refractivity contribution in [3.8, 4) is 0 Å². The minimum Gasteiger partial charge on any atom is -0.465 e. The number of nitrogens with one attached hydrogen (secondary N) is 1. The molecule has 0 saturated carbocycles. The van der Waals surface area contributed by atoms with Crippen LogP contribution in [0.15, 0.2) is 10.6 Å². The van der Waals surface area contributed by atoms with Crippen LogP contribution in [0.4, 0.5) is 10.7 Å². The van der Waals surface area contributed by atoms with Crippen molar-refractivity contribution in [2.75, 3.05) is 11.9 Å². The van der Waals surface area contributed by atoms with Crippen molar-refractivity contribution in [3.05, 3.63) is 11.8 Å². The normalized spacial score (nSPS) is 22.4. The van der Waals surface area contributed by atoms with Gasteiger partial charge in [-0.2, -0.15) is 0 Å². The Hall–Kier alpha value is -2.09. The van der Waals surface area contributed by atoms with Crippen molar-refractivity contribution in [3.63, 3.8) is 0 Å². The van der Waals surface area contributed by atoms with Gasteiger partial charge in [-0.05, 0) is 0 Å². The number of likely N-dealkylation sites (tertiary alicyclic amines) is 1. The van der Waals surface area contributed by atoms with E-state index < -0.39 is 24.1 Å². The number of hydrogen-bond acceptors (Lipinski definition) is 5. The van der Waals surface area contributed by atoms with E-state index in [0.717, 1.165) is 4.90 Å². The lowest BCUT2D eigenvalue weighted by molar-refractivity contribution is -0.120. The van der Waals surface area contributed by atoms with Crippen LogP contribution < -0.4 is 5.32 Å². The molecule has 0 aromatic carbocycles. The van der Waals surface area contributed by atoms with Gasteiger partial charge in [0.25, 0.3) is 0 Å². The van der Waals surface area contributed by atoms with Crippen LogP contribution >= 0.6 is 0 Å². The van der Waals surface area contributed by atoms with E-state index in [-0.39, 0.29) is 24.3 Å². The zero-order valence-corrected chi connectivity index (χ0v) is 12.2. The lowest BCUT2D eigenvalue weighted by Gasteiger charge is -2.19. The average Bonchev–Trinajstić information content (AvgIpc) is 2.94. The van der Waals surface area contributed by atoms with Gasteiger partial charge in [0.15, 0.2) is 0 Å². The Balaban J connectivity index is 2.07. The van der Waals surface area contributed by atoms with Crippen LogP contribution in [0, 0.1) is 0 Å². The summed E-state index contributed by atoms with van der Waals surface area (Å²) in [5.41, 5.74) is 0.461. The summed E-state index contributed by atoms with van der Waals surface area (Å²) >= 11 is 0. The van der Waals surface area contributed by atoms with Crippen LogP contribution in [0.2, 0.25) is 0 Å². The fourth-order valence-electron chi connectivity index (χ4n) is 2.17. The van der Waals surface area contributed by atoms with E-state index in [1.165, 1.54) is 0 Å². The largest absolute Gasteiger partial charge is 0.465 e. The van der Waals surface area contributed by atoms with Gasteiger partial charge in [0.05, 0.1) is 18.3 Å². The Bertz CT molecular complexity index is 548. The smallest absolute Gasteiger partial charge is 0.408 e. The van der Waals surface area contributed by atoms with Gasteiger partial charge in [-0.15, -0.1) is 0 Å². The highest BCUT2D eigenvalue weighted by molar-refractivity contribution is 5.95. The van der Waals surface area contributed by atoms with Crippen LogP contribution in [0.5, 0.6) is 0 Å². The number of anilines is 1. The molecule has 0 spiro atoms. The maximum atomic E-state index is 12.1. The number of aromatic nitrogens is 1. The van der Waals surface area contributed by atoms with Gasteiger partial charge in [0.2, 0.25) is 11.8 Å². The summed E-state index contributed by atoms with van der Waals surface area (Å²) in [5, 5.41) is 24.9. The number of aliphatic hydroxyl groups excluding tert-OH is 1. The lowest BCUT2D eigenvalue weighted by Crippen LogP contribution is -2.42. The maximum Gasteiger partial charge on any atom is 0.408 e. The second-order valence-corrected chi connectivity index (χ2v) is 6.16. The van der Waals surface area contributed by atoms with Crippen LogP contribution in [-0.4, -0.2) is 51.0 Å². The monoisotopic (exact) mass is 297 g/mol. The highest BCUT2D eigenvalue weighted by Gasteiger charge is 2.39. The highest BCUT2D eigenvalue weighted by Crippen LogP contribution is 2.25. The molecular formula is C13H19N3O5. The van der Waals surface area contributed by atoms with E-state index in [4.69, 9.17) is 9.63 Å². The molecule has 2 heterocycles. The topological polar surface area (TPSA) is 116 Å². The second kappa shape index (κ2) is 5.36. The SMILES string of the molecule is CC(C)(C)c1cc(NC(=O)[C@@H]2C[C@H](O)CN2C(=O)O)on1. The van der Waals surface area contributed by atoms with Gasteiger partial charge >= 0.3 is 6.09 Å². The van der Waals surface area contributed by atoms with Crippen molar-refractivity contribution < 1.29 is 24.3 Å². The van der Waals surface area contributed by atoms with Crippen molar-refractivity contribution in [1.82, 2.24) is 10.1 Å². The minimum atomic E-state index is -1.24. The molecule has 0 unspecified atom stereocenters. The van der Waals surface area contributed by atoms with Gasteiger partial charge in [0.1, 0.15) is 6.04 Å². The van der Waals surface area contributed by atoms with Gasteiger partial charge in [-0.1, -0.05) is 25.9 Å². The first-order chi connectivity index (χ1) is 9.68. The fourth-order valence-corrected chi connectivity index (χ4v) is 2.17. The van der Waals surface area contributed by atoms with Crippen molar-refractivity contribution >= 4 is 17.9 Å². The number of β-amino-alcohol motifs (C(OH)–C–C–N with tert-alkyl or cyclic N) is 1. The number of nitrogens with zero attached hydrogens (tertiary/aromatic N) is 2. The number of carbonyl (C=O) groups is 2. The number of carbonyl (C=O) groups excluding carboxylic acids is 1. The first kappa shape index (κ1) is 15.3. The molecule has 3 N–H and O–H groups in total. The highest BCUT2D eigenvalue weighted by atomic mass is 16.5. The molecular weight excluding hydrogens is 278 g/mol. The van der Waals surface area contributed by atoms with Crippen LogP contribution in [-0.2, 0) is 10.2 Å². The van der Waals surface area contributed by atoms with Crippen LogP contribution in [0.25, 0.3) is 0 Å². The Morgan fingerprint density at radius 2 is 2.14 bits per heavy atom. The third kappa shape index (κ3) is 3.33. The Labute approximate surface area is 121 Å². The first-order valence-electron chi connectivity index (χ1n) is 6.64. The average molecular weight is 297 g/mol. The summed E-state index contributed by atoms with van der Waals surface area (Å²) in [5.74, 6) is -0.373. The molecule has 8 nitrogen and oxygen atoms in total. The molecule has 0 bridgehead atoms. The van der Waals surface area contributed by atoms with Crippen LogP contribution in [0.1, 0.15) is 32.9 Å². The second-order valence-electron chi connectivity index (χ2n) is 6.16. The summed E-state index contributed by atoms with van der Waals surface area (Å²) in [6.07, 6.45) is -2.00. The molecule has 116 valence electrons. The number of hydrogen-bond donors (Lipinski definition) is 3. The van der Waals surface area contributed by atoms with Crippen molar-refractivity contribution in [2.45, 2.75) is 44.8 Å². The standard InChI is InChI=1S/C13H19N3O5/c1-13(2,3)9-5-10(21-15-9)14-11(18)8-4-7(17)6-16(8)12(19)20/h5,7-8,17H,4,6H2,1-3H3,(H,14,18)(H,19,20)/t7-,8-/m0/s1. The molecule has 0 aliphatic carbocycles. The van der Waals surface area contributed by atoms with Gasteiger partial charge in [-0.25, -0.2) is 4.79 Å². The van der Waals surface area contributed by atoms with Gasteiger partial charge in [-0.3, -0.25) is 15.0 Å². The quantitative estimate of drug-likeness (QED) is 0.750. The van der Waals surface area contributed by atoms with E-state index in [2.05, 4.69) is 10.5 Å².